The van der Waals surface area contributed by atoms with Crippen LogP contribution in [-0.4, -0.2) is 42.5 Å². The maximum atomic E-state index is 12.7. The minimum absolute atomic E-state index is 0.139. The molecule has 6 nitrogen and oxygen atoms in total. The lowest BCUT2D eigenvalue weighted by atomic mass is 9.84. The fourth-order valence-corrected chi connectivity index (χ4v) is 5.14. The number of rotatable bonds is 6. The highest BCUT2D eigenvalue weighted by molar-refractivity contribution is 5.97. The van der Waals surface area contributed by atoms with E-state index in [0.29, 0.717) is 38.5 Å². The summed E-state index contributed by atoms with van der Waals surface area (Å²) < 4.78 is 5.06. The van der Waals surface area contributed by atoms with Crippen LogP contribution >= 0.6 is 0 Å². The highest BCUT2D eigenvalue weighted by atomic mass is 16.5. The number of carbonyl (C=O) groups excluding carboxylic acids is 2. The van der Waals surface area contributed by atoms with Crippen LogP contribution in [0.4, 0.5) is 0 Å². The van der Waals surface area contributed by atoms with Gasteiger partial charge in [0.15, 0.2) is 0 Å². The van der Waals surface area contributed by atoms with Gasteiger partial charge in [0.05, 0.1) is 12.5 Å². The molecule has 0 aromatic heterocycles. The Kier molecular flexibility index (Phi) is 6.41. The molecule has 27 heavy (non-hydrogen) atoms. The van der Waals surface area contributed by atoms with Crippen molar-refractivity contribution in [2.45, 2.75) is 58.4 Å². The normalized spacial score (nSPS) is 29.3. The molecule has 1 amide bonds. The molecule has 3 aliphatic rings. The Morgan fingerprint density at radius 2 is 2.00 bits per heavy atom. The van der Waals surface area contributed by atoms with Gasteiger partial charge in [0.1, 0.15) is 11.6 Å². The van der Waals surface area contributed by atoms with Gasteiger partial charge in [-0.3, -0.25) is 9.59 Å². The molecule has 1 heterocycles. The van der Waals surface area contributed by atoms with Crippen LogP contribution in [-0.2, 0) is 14.3 Å². The summed E-state index contributed by atoms with van der Waals surface area (Å²) in [5, 5.41) is 12.8. The molecule has 1 saturated heterocycles. The zero-order valence-electron chi connectivity index (χ0n) is 16.4. The molecule has 0 aromatic rings. The van der Waals surface area contributed by atoms with Gasteiger partial charge in [0.2, 0.25) is 0 Å². The van der Waals surface area contributed by atoms with Gasteiger partial charge in [-0.25, -0.2) is 0 Å². The fraction of sp³-hybridized carbons (Fsp3) is 0.762. The number of nitrogens with one attached hydrogen (secondary N) is 1. The Morgan fingerprint density at radius 3 is 2.56 bits per heavy atom. The maximum absolute atomic E-state index is 12.7. The van der Waals surface area contributed by atoms with E-state index in [1.54, 1.807) is 18.0 Å². The number of likely N-dealkylation sites (tertiary alicyclic amines) is 1. The smallest absolute Gasteiger partial charge is 0.309 e. The molecule has 0 radical (unpaired) electrons. The van der Waals surface area contributed by atoms with Crippen molar-refractivity contribution in [3.05, 3.63) is 11.8 Å². The summed E-state index contributed by atoms with van der Waals surface area (Å²) in [6.45, 7) is 5.32. The number of hydrogen-bond acceptors (Lipinski definition) is 5. The molecule has 2 aliphatic carbocycles. The lowest BCUT2D eigenvalue weighted by Crippen LogP contribution is -2.41. The van der Waals surface area contributed by atoms with Crippen LogP contribution in [0.1, 0.15) is 52.4 Å². The SMILES string of the molecule is CCOC(=O)C1CCN(C(=O)/C(C#N)=C\NC(C)C2CC3CCC2C3)CC1. The zero-order valence-corrected chi connectivity index (χ0v) is 16.4. The van der Waals surface area contributed by atoms with Crippen molar-refractivity contribution in [3.63, 3.8) is 0 Å². The summed E-state index contributed by atoms with van der Waals surface area (Å²) in [5.74, 6) is 1.77. The van der Waals surface area contributed by atoms with Gasteiger partial charge >= 0.3 is 5.97 Å². The molecule has 3 rings (SSSR count). The number of nitrogens with zero attached hydrogens (tertiary/aromatic N) is 2. The molecule has 2 bridgehead atoms. The van der Waals surface area contributed by atoms with Crippen LogP contribution in [0, 0.1) is 35.0 Å². The van der Waals surface area contributed by atoms with Crippen LogP contribution in [0.2, 0.25) is 0 Å². The van der Waals surface area contributed by atoms with Crippen LogP contribution in [0.15, 0.2) is 11.8 Å². The minimum Gasteiger partial charge on any atom is -0.466 e. The monoisotopic (exact) mass is 373 g/mol. The fourth-order valence-electron chi connectivity index (χ4n) is 5.14. The van der Waals surface area contributed by atoms with Crippen molar-refractivity contribution in [3.8, 4) is 6.07 Å². The Balaban J connectivity index is 1.51. The van der Waals surface area contributed by atoms with E-state index >= 15 is 0 Å². The number of carbonyl (C=O) groups is 2. The first-order valence-corrected chi connectivity index (χ1v) is 10.4. The zero-order chi connectivity index (χ0) is 19.4. The average Bonchev–Trinajstić information content (AvgIpc) is 3.32. The average molecular weight is 373 g/mol. The number of ether oxygens (including phenoxy) is 1. The third-order valence-electron chi connectivity index (χ3n) is 6.68. The van der Waals surface area contributed by atoms with Crippen LogP contribution < -0.4 is 5.32 Å². The summed E-state index contributed by atoms with van der Waals surface area (Å²) in [6, 6.07) is 2.33. The molecule has 1 N–H and O–H groups in total. The molecular weight excluding hydrogens is 342 g/mol. The van der Waals surface area contributed by atoms with E-state index < -0.39 is 0 Å². The lowest BCUT2D eigenvalue weighted by Gasteiger charge is -2.31. The van der Waals surface area contributed by atoms with E-state index in [2.05, 4.69) is 12.2 Å². The molecule has 4 atom stereocenters. The maximum Gasteiger partial charge on any atom is 0.309 e. The third-order valence-corrected chi connectivity index (χ3v) is 6.68. The largest absolute Gasteiger partial charge is 0.466 e. The number of amides is 1. The Labute approximate surface area is 161 Å². The van der Waals surface area contributed by atoms with E-state index in [9.17, 15) is 14.9 Å². The second-order valence-corrected chi connectivity index (χ2v) is 8.28. The molecule has 3 fully saturated rings. The number of esters is 1. The molecule has 148 valence electrons. The Bertz CT molecular complexity index is 631. The highest BCUT2D eigenvalue weighted by Gasteiger charge is 2.41. The summed E-state index contributed by atoms with van der Waals surface area (Å²) >= 11 is 0. The number of nitriles is 1. The number of fused-ring (bicyclic) bond motifs is 2. The third kappa shape index (κ3) is 4.45. The van der Waals surface area contributed by atoms with Crippen molar-refractivity contribution < 1.29 is 14.3 Å². The van der Waals surface area contributed by atoms with Gasteiger partial charge in [-0.1, -0.05) is 6.42 Å². The first-order valence-electron chi connectivity index (χ1n) is 10.4. The molecule has 2 saturated carbocycles. The van der Waals surface area contributed by atoms with Crippen molar-refractivity contribution in [2.75, 3.05) is 19.7 Å². The number of hydrogen-bond donors (Lipinski definition) is 1. The van der Waals surface area contributed by atoms with Gasteiger partial charge in [-0.05, 0) is 63.7 Å². The van der Waals surface area contributed by atoms with E-state index in [-0.39, 0.29) is 29.4 Å². The van der Waals surface area contributed by atoms with Crippen molar-refractivity contribution in [1.82, 2.24) is 10.2 Å². The molecule has 0 aromatic carbocycles. The lowest BCUT2D eigenvalue weighted by molar-refractivity contribution is -0.150. The molecule has 6 heteroatoms. The molecular formula is C21H31N3O3. The topological polar surface area (TPSA) is 82.4 Å². The van der Waals surface area contributed by atoms with Gasteiger partial charge in [-0.15, -0.1) is 0 Å². The van der Waals surface area contributed by atoms with Crippen molar-refractivity contribution >= 4 is 11.9 Å². The minimum atomic E-state index is -0.243. The molecule has 4 unspecified atom stereocenters. The summed E-state index contributed by atoms with van der Waals surface area (Å²) in [6.07, 6.45) is 8.11. The Hall–Kier alpha value is -2.03. The second kappa shape index (κ2) is 8.77. The molecule has 0 spiro atoms. The van der Waals surface area contributed by atoms with Gasteiger partial charge in [-0.2, -0.15) is 5.26 Å². The number of piperidine rings is 1. The van der Waals surface area contributed by atoms with Crippen molar-refractivity contribution in [2.24, 2.45) is 23.7 Å². The first kappa shape index (κ1) is 19.7. The van der Waals surface area contributed by atoms with Gasteiger partial charge in [0, 0.05) is 25.3 Å². The molecule has 1 aliphatic heterocycles. The van der Waals surface area contributed by atoms with E-state index in [4.69, 9.17) is 4.74 Å². The first-order chi connectivity index (χ1) is 13.0. The summed E-state index contributed by atoms with van der Waals surface area (Å²) in [7, 11) is 0. The summed E-state index contributed by atoms with van der Waals surface area (Å²) in [4.78, 5) is 26.2. The standard InChI is InChI=1S/C21H31N3O3/c1-3-27-21(26)16-6-8-24(9-7-16)20(25)18(12-22)13-23-14(2)19-11-15-4-5-17(19)10-15/h13-17,19,23H,3-11H2,1-2H3/b18-13-. The van der Waals surface area contributed by atoms with E-state index in [1.165, 1.54) is 25.7 Å². The van der Waals surface area contributed by atoms with Crippen LogP contribution in [0.25, 0.3) is 0 Å². The van der Waals surface area contributed by atoms with Crippen molar-refractivity contribution in [1.29, 1.82) is 5.26 Å². The summed E-state index contributed by atoms with van der Waals surface area (Å²) in [5.41, 5.74) is 0.152. The van der Waals surface area contributed by atoms with Gasteiger partial charge in [0.25, 0.3) is 5.91 Å². The van der Waals surface area contributed by atoms with E-state index in [0.717, 1.165) is 11.8 Å². The van der Waals surface area contributed by atoms with Crippen LogP contribution in [0.3, 0.4) is 0 Å². The predicted molar refractivity (Wildman–Crippen MR) is 101 cm³/mol. The predicted octanol–water partition coefficient (Wildman–Crippen LogP) is 2.61. The van der Waals surface area contributed by atoms with Gasteiger partial charge < -0.3 is 15.0 Å². The highest BCUT2D eigenvalue weighted by Crippen LogP contribution is 2.49. The Morgan fingerprint density at radius 1 is 1.26 bits per heavy atom. The second-order valence-electron chi connectivity index (χ2n) is 8.28. The quantitative estimate of drug-likeness (QED) is 0.440. The van der Waals surface area contributed by atoms with Crippen LogP contribution in [0.5, 0.6) is 0 Å². The van der Waals surface area contributed by atoms with E-state index in [1.807, 2.05) is 6.07 Å².